The SMILES string of the molecule is CCN1CCOC(C(O)CC2CCCC2)C1. The van der Waals surface area contributed by atoms with E-state index in [4.69, 9.17) is 4.74 Å². The second-order valence-electron chi connectivity index (χ2n) is 5.26. The Balaban J connectivity index is 1.76. The van der Waals surface area contributed by atoms with Gasteiger partial charge in [-0.05, 0) is 18.9 Å². The van der Waals surface area contributed by atoms with Gasteiger partial charge in [0.2, 0.25) is 0 Å². The first-order chi connectivity index (χ1) is 7.79. The molecule has 2 fully saturated rings. The molecule has 0 spiro atoms. The summed E-state index contributed by atoms with van der Waals surface area (Å²) in [5.74, 6) is 0.746. The Morgan fingerprint density at radius 3 is 2.81 bits per heavy atom. The van der Waals surface area contributed by atoms with Gasteiger partial charge in [-0.3, -0.25) is 4.90 Å². The third-order valence-corrected chi connectivity index (χ3v) is 4.10. The van der Waals surface area contributed by atoms with Gasteiger partial charge in [0, 0.05) is 13.1 Å². The van der Waals surface area contributed by atoms with Crippen LogP contribution in [0.1, 0.15) is 39.0 Å². The van der Waals surface area contributed by atoms with Crippen molar-refractivity contribution in [2.75, 3.05) is 26.2 Å². The molecule has 0 amide bonds. The van der Waals surface area contributed by atoms with Crippen molar-refractivity contribution < 1.29 is 9.84 Å². The maximum Gasteiger partial charge on any atom is 0.0961 e. The summed E-state index contributed by atoms with van der Waals surface area (Å²) < 4.78 is 5.69. The fourth-order valence-electron chi connectivity index (χ4n) is 2.99. The minimum Gasteiger partial charge on any atom is -0.390 e. The summed E-state index contributed by atoms with van der Waals surface area (Å²) in [6, 6.07) is 0. The lowest BCUT2D eigenvalue weighted by Gasteiger charge is -2.35. The van der Waals surface area contributed by atoms with E-state index in [1.165, 1.54) is 25.7 Å². The number of aliphatic hydroxyl groups excluding tert-OH is 1. The van der Waals surface area contributed by atoms with Gasteiger partial charge >= 0.3 is 0 Å². The molecular formula is C13H25NO2. The summed E-state index contributed by atoms with van der Waals surface area (Å²) in [6.07, 6.45) is 6.06. The Hall–Kier alpha value is -0.120. The largest absolute Gasteiger partial charge is 0.390 e. The van der Waals surface area contributed by atoms with E-state index < -0.39 is 0 Å². The summed E-state index contributed by atoms with van der Waals surface area (Å²) >= 11 is 0. The monoisotopic (exact) mass is 227 g/mol. The number of likely N-dealkylation sites (N-methyl/N-ethyl adjacent to an activating group) is 1. The van der Waals surface area contributed by atoms with Crippen molar-refractivity contribution in [1.29, 1.82) is 0 Å². The summed E-state index contributed by atoms with van der Waals surface area (Å²) in [5.41, 5.74) is 0. The highest BCUT2D eigenvalue weighted by molar-refractivity contribution is 4.80. The molecule has 1 saturated carbocycles. The van der Waals surface area contributed by atoms with Crippen LogP contribution >= 0.6 is 0 Å². The minimum atomic E-state index is -0.252. The Kier molecular flexibility index (Phi) is 4.62. The van der Waals surface area contributed by atoms with Crippen LogP contribution < -0.4 is 0 Å². The zero-order chi connectivity index (χ0) is 11.4. The van der Waals surface area contributed by atoms with Gasteiger partial charge in [-0.25, -0.2) is 0 Å². The van der Waals surface area contributed by atoms with Crippen LogP contribution in [0.2, 0.25) is 0 Å². The van der Waals surface area contributed by atoms with E-state index in [-0.39, 0.29) is 12.2 Å². The number of morpholine rings is 1. The lowest BCUT2D eigenvalue weighted by Crippen LogP contribution is -2.47. The number of nitrogens with zero attached hydrogens (tertiary/aromatic N) is 1. The maximum absolute atomic E-state index is 10.2. The lowest BCUT2D eigenvalue weighted by atomic mass is 9.96. The summed E-state index contributed by atoms with van der Waals surface area (Å²) in [7, 11) is 0. The molecule has 3 nitrogen and oxygen atoms in total. The Morgan fingerprint density at radius 2 is 2.12 bits per heavy atom. The predicted octanol–water partition coefficient (Wildman–Crippen LogP) is 1.65. The van der Waals surface area contributed by atoms with Crippen molar-refractivity contribution in [1.82, 2.24) is 4.90 Å². The number of ether oxygens (including phenoxy) is 1. The maximum atomic E-state index is 10.2. The zero-order valence-corrected chi connectivity index (χ0v) is 10.4. The molecule has 1 saturated heterocycles. The molecule has 0 radical (unpaired) electrons. The molecule has 0 aromatic carbocycles. The van der Waals surface area contributed by atoms with E-state index >= 15 is 0 Å². The van der Waals surface area contributed by atoms with Gasteiger partial charge in [-0.1, -0.05) is 32.6 Å². The molecule has 2 atom stereocenters. The van der Waals surface area contributed by atoms with Crippen molar-refractivity contribution >= 4 is 0 Å². The Bertz CT molecular complexity index is 204. The smallest absolute Gasteiger partial charge is 0.0961 e. The molecule has 16 heavy (non-hydrogen) atoms. The van der Waals surface area contributed by atoms with Gasteiger partial charge in [-0.2, -0.15) is 0 Å². The molecule has 3 heteroatoms. The van der Waals surface area contributed by atoms with Crippen LogP contribution in [0.3, 0.4) is 0 Å². The Morgan fingerprint density at radius 1 is 1.38 bits per heavy atom. The van der Waals surface area contributed by atoms with Crippen LogP contribution in [0.25, 0.3) is 0 Å². The highest BCUT2D eigenvalue weighted by atomic mass is 16.5. The highest BCUT2D eigenvalue weighted by Crippen LogP contribution is 2.29. The quantitative estimate of drug-likeness (QED) is 0.792. The van der Waals surface area contributed by atoms with Crippen molar-refractivity contribution in [3.8, 4) is 0 Å². The fraction of sp³-hybridized carbons (Fsp3) is 1.00. The number of hydrogen-bond donors (Lipinski definition) is 1. The van der Waals surface area contributed by atoms with Crippen LogP contribution in [0.5, 0.6) is 0 Å². The third kappa shape index (κ3) is 3.19. The van der Waals surface area contributed by atoms with Crippen LogP contribution in [-0.4, -0.2) is 48.5 Å². The molecule has 1 aliphatic carbocycles. The zero-order valence-electron chi connectivity index (χ0n) is 10.4. The van der Waals surface area contributed by atoms with Gasteiger partial charge in [-0.15, -0.1) is 0 Å². The van der Waals surface area contributed by atoms with Crippen LogP contribution in [0.4, 0.5) is 0 Å². The first-order valence-corrected chi connectivity index (χ1v) is 6.81. The van der Waals surface area contributed by atoms with Crippen LogP contribution in [-0.2, 0) is 4.74 Å². The topological polar surface area (TPSA) is 32.7 Å². The molecule has 0 bridgehead atoms. The predicted molar refractivity (Wildman–Crippen MR) is 64.4 cm³/mol. The second-order valence-corrected chi connectivity index (χ2v) is 5.26. The molecule has 1 aliphatic heterocycles. The van der Waals surface area contributed by atoms with E-state index in [1.54, 1.807) is 0 Å². The first-order valence-electron chi connectivity index (χ1n) is 6.81. The normalized spacial score (nSPS) is 30.8. The van der Waals surface area contributed by atoms with Gasteiger partial charge in [0.1, 0.15) is 0 Å². The van der Waals surface area contributed by atoms with Gasteiger partial charge < -0.3 is 9.84 Å². The summed E-state index contributed by atoms with van der Waals surface area (Å²) in [4.78, 5) is 2.37. The molecule has 2 unspecified atom stereocenters. The molecule has 1 heterocycles. The average molecular weight is 227 g/mol. The van der Waals surface area contributed by atoms with Crippen molar-refractivity contribution in [2.24, 2.45) is 5.92 Å². The average Bonchev–Trinajstić information content (AvgIpc) is 2.82. The van der Waals surface area contributed by atoms with E-state index in [9.17, 15) is 5.11 Å². The summed E-state index contributed by atoms with van der Waals surface area (Å²) in [6.45, 7) is 5.94. The molecule has 2 rings (SSSR count). The molecule has 94 valence electrons. The standard InChI is InChI=1S/C13H25NO2/c1-2-14-7-8-16-13(10-14)12(15)9-11-5-3-4-6-11/h11-13,15H,2-10H2,1H3. The second kappa shape index (κ2) is 5.99. The molecule has 0 aromatic heterocycles. The van der Waals surface area contributed by atoms with Crippen molar-refractivity contribution in [3.05, 3.63) is 0 Å². The number of rotatable bonds is 4. The highest BCUT2D eigenvalue weighted by Gasteiger charge is 2.28. The van der Waals surface area contributed by atoms with Crippen molar-refractivity contribution in [3.63, 3.8) is 0 Å². The van der Waals surface area contributed by atoms with Crippen LogP contribution in [0, 0.1) is 5.92 Å². The van der Waals surface area contributed by atoms with Crippen LogP contribution in [0.15, 0.2) is 0 Å². The molecule has 2 aliphatic rings. The van der Waals surface area contributed by atoms with Gasteiger partial charge in [0.05, 0.1) is 18.8 Å². The molecule has 1 N–H and O–H groups in total. The fourth-order valence-corrected chi connectivity index (χ4v) is 2.99. The number of aliphatic hydroxyl groups is 1. The van der Waals surface area contributed by atoms with E-state index in [0.717, 1.165) is 38.6 Å². The third-order valence-electron chi connectivity index (χ3n) is 4.10. The van der Waals surface area contributed by atoms with Crippen molar-refractivity contribution in [2.45, 2.75) is 51.2 Å². The lowest BCUT2D eigenvalue weighted by molar-refractivity contribution is -0.0928. The molecule has 0 aromatic rings. The Labute approximate surface area is 98.8 Å². The van der Waals surface area contributed by atoms with E-state index in [2.05, 4.69) is 11.8 Å². The van der Waals surface area contributed by atoms with E-state index in [1.807, 2.05) is 0 Å². The summed E-state index contributed by atoms with van der Waals surface area (Å²) in [5, 5.41) is 10.2. The van der Waals surface area contributed by atoms with E-state index in [0.29, 0.717) is 0 Å². The minimum absolute atomic E-state index is 0.0503. The number of hydrogen-bond acceptors (Lipinski definition) is 3. The first kappa shape index (κ1) is 12.3. The molecular weight excluding hydrogens is 202 g/mol. The van der Waals surface area contributed by atoms with Gasteiger partial charge in [0.15, 0.2) is 0 Å². The van der Waals surface area contributed by atoms with Gasteiger partial charge in [0.25, 0.3) is 0 Å².